The highest BCUT2D eigenvalue weighted by molar-refractivity contribution is 6.03. The second-order valence-electron chi connectivity index (χ2n) is 15.2. The van der Waals surface area contributed by atoms with E-state index in [0.717, 1.165) is 43.7 Å². The van der Waals surface area contributed by atoms with Gasteiger partial charge in [-0.15, -0.1) is 6.58 Å². The number of hydrogen-bond acceptors (Lipinski definition) is 1. The van der Waals surface area contributed by atoms with Crippen molar-refractivity contribution >= 4 is 17.4 Å². The fourth-order valence-corrected chi connectivity index (χ4v) is 7.11. The average Bonchev–Trinajstić information content (AvgIpc) is 3.19. The van der Waals surface area contributed by atoms with E-state index < -0.39 is 0 Å². The Morgan fingerprint density at radius 2 is 0.736 bits per heavy atom. The van der Waals surface area contributed by atoms with Crippen LogP contribution >= 0.6 is 0 Å². The molecule has 0 heterocycles. The van der Waals surface area contributed by atoms with Gasteiger partial charge in [0, 0.05) is 24.5 Å². The molecule has 2 rings (SSSR count). The van der Waals surface area contributed by atoms with Gasteiger partial charge in [0.15, 0.2) is 0 Å². The number of carbonyl (C=O) groups excluding carboxylic acids is 1. The van der Waals surface area contributed by atoms with Crippen LogP contribution in [0.1, 0.15) is 187 Å². The first-order valence-electron chi connectivity index (χ1n) is 22.4. The Balaban J connectivity index is 1.68. The molecule has 0 unspecified atom stereocenters. The number of anilines is 2. The maximum Gasteiger partial charge on any atom is 0.328 e. The van der Waals surface area contributed by atoms with E-state index >= 15 is 0 Å². The van der Waals surface area contributed by atoms with Crippen LogP contribution in [0.15, 0.2) is 97.6 Å². The molecule has 2 amide bonds. The highest BCUT2D eigenvalue weighted by atomic mass is 16.2. The Hall–Kier alpha value is -3.07. The minimum Gasteiger partial charge on any atom is -0.294 e. The van der Waals surface area contributed by atoms with Crippen molar-refractivity contribution in [2.75, 3.05) is 22.9 Å². The number of rotatable bonds is 35. The Bertz CT molecular complexity index is 1160. The van der Waals surface area contributed by atoms with E-state index in [1.807, 2.05) is 52.3 Å². The van der Waals surface area contributed by atoms with E-state index in [-0.39, 0.29) is 6.03 Å². The Labute approximate surface area is 328 Å². The molecular weight excluding hydrogens is 645 g/mol. The zero-order valence-electron chi connectivity index (χ0n) is 34.4. The predicted molar refractivity (Wildman–Crippen MR) is 236 cm³/mol. The maximum atomic E-state index is 14.3. The lowest BCUT2D eigenvalue weighted by Gasteiger charge is -2.31. The van der Waals surface area contributed by atoms with E-state index in [1.165, 1.54) is 161 Å². The molecule has 53 heavy (non-hydrogen) atoms. The number of carbonyl (C=O) groups is 1. The molecule has 0 saturated heterocycles. The largest absolute Gasteiger partial charge is 0.328 e. The molecular formula is C50H80N2O. The van der Waals surface area contributed by atoms with Crippen LogP contribution in [0, 0.1) is 0 Å². The van der Waals surface area contributed by atoms with Crippen LogP contribution in [0.3, 0.4) is 0 Å². The summed E-state index contributed by atoms with van der Waals surface area (Å²) < 4.78 is 0. The van der Waals surface area contributed by atoms with Gasteiger partial charge in [0.2, 0.25) is 0 Å². The summed E-state index contributed by atoms with van der Waals surface area (Å²) in [6, 6.07) is 20.7. The smallest absolute Gasteiger partial charge is 0.294 e. The van der Waals surface area contributed by atoms with E-state index in [4.69, 9.17) is 0 Å². The van der Waals surface area contributed by atoms with E-state index in [1.54, 1.807) is 0 Å². The van der Waals surface area contributed by atoms with Crippen LogP contribution in [0.5, 0.6) is 0 Å². The molecule has 0 bridgehead atoms. The Kier molecular flexibility index (Phi) is 30.2. The molecule has 3 heteroatoms. The molecule has 0 N–H and O–H groups in total. The Morgan fingerprint density at radius 3 is 1.08 bits per heavy atom. The summed E-state index contributed by atoms with van der Waals surface area (Å²) in [5.41, 5.74) is 2.00. The maximum absolute atomic E-state index is 14.3. The van der Waals surface area contributed by atoms with E-state index in [2.05, 4.69) is 62.1 Å². The van der Waals surface area contributed by atoms with Gasteiger partial charge in [-0.1, -0.05) is 176 Å². The van der Waals surface area contributed by atoms with Crippen molar-refractivity contribution in [2.45, 2.75) is 187 Å². The van der Waals surface area contributed by atoms with Crippen LogP contribution in [-0.2, 0) is 0 Å². The first kappa shape index (κ1) is 46.1. The molecule has 296 valence electrons. The molecule has 0 radical (unpaired) electrons. The van der Waals surface area contributed by atoms with Gasteiger partial charge >= 0.3 is 6.03 Å². The number of allylic oxidation sites excluding steroid dienone is 5. The third-order valence-electron chi connectivity index (χ3n) is 10.4. The van der Waals surface area contributed by atoms with Crippen LogP contribution in [0.25, 0.3) is 0 Å². The zero-order valence-corrected chi connectivity index (χ0v) is 34.4. The van der Waals surface area contributed by atoms with Crippen molar-refractivity contribution in [1.82, 2.24) is 0 Å². The van der Waals surface area contributed by atoms with Gasteiger partial charge in [0.05, 0.1) is 0 Å². The van der Waals surface area contributed by atoms with Crippen LogP contribution in [-0.4, -0.2) is 19.1 Å². The minimum absolute atomic E-state index is 0.106. The third-order valence-corrected chi connectivity index (χ3v) is 10.4. The number of nitrogens with zero attached hydrogens (tertiary/aromatic N) is 2. The fourth-order valence-electron chi connectivity index (χ4n) is 7.11. The van der Waals surface area contributed by atoms with Gasteiger partial charge < -0.3 is 0 Å². The van der Waals surface area contributed by atoms with Crippen LogP contribution < -0.4 is 9.80 Å². The molecule has 0 atom stereocenters. The van der Waals surface area contributed by atoms with Gasteiger partial charge in [-0.05, 0) is 101 Å². The summed E-state index contributed by atoms with van der Waals surface area (Å²) in [5.74, 6) is 0. The highest BCUT2D eigenvalue weighted by Crippen LogP contribution is 2.23. The minimum atomic E-state index is 0.106. The average molecular weight is 725 g/mol. The van der Waals surface area contributed by atoms with Crippen LogP contribution in [0.4, 0.5) is 16.2 Å². The summed E-state index contributed by atoms with van der Waals surface area (Å²) in [6.45, 7) is 7.61. The molecule has 0 aliphatic heterocycles. The molecule has 0 fully saturated rings. The van der Waals surface area contributed by atoms with Gasteiger partial charge in [-0.25, -0.2) is 4.79 Å². The molecule has 0 aliphatic rings. The molecule has 2 aromatic carbocycles. The predicted octanol–water partition coefficient (Wildman–Crippen LogP) is 16.4. The zero-order chi connectivity index (χ0) is 37.7. The number of urea groups is 1. The monoisotopic (exact) mass is 725 g/mol. The molecule has 0 spiro atoms. The van der Waals surface area contributed by atoms with Gasteiger partial charge in [-0.3, -0.25) is 9.80 Å². The summed E-state index contributed by atoms with van der Waals surface area (Å²) in [7, 11) is 0. The van der Waals surface area contributed by atoms with Crippen molar-refractivity contribution in [2.24, 2.45) is 0 Å². The standard InChI is InChI=1S/C50H80N2O/c1-3-5-7-9-11-13-15-17-19-21-23-25-27-29-31-33-41-47-52(49-44-38-35-39-45-49)50(53)51(48-42-36-34-37-43-48)46-40-32-30-28-26-24-22-20-18-16-14-12-10-8-6-4-2/h3,18-21,34-39,42-45H,1,4-17,22-33,40-41,46-47H2,2H3/b20-18-,21-19-. The first-order chi connectivity index (χ1) is 26.3. The molecule has 3 nitrogen and oxygen atoms in total. The number of unbranched alkanes of at least 4 members (excludes halogenated alkanes) is 24. The number of hydrogen-bond donors (Lipinski definition) is 0. The number of amides is 2. The van der Waals surface area contributed by atoms with Gasteiger partial charge in [-0.2, -0.15) is 0 Å². The third kappa shape index (κ3) is 24.8. The highest BCUT2D eigenvalue weighted by Gasteiger charge is 2.23. The van der Waals surface area contributed by atoms with Crippen molar-refractivity contribution in [3.05, 3.63) is 97.6 Å². The van der Waals surface area contributed by atoms with Crippen LogP contribution in [0.2, 0.25) is 0 Å². The molecule has 2 aromatic rings. The SMILES string of the molecule is C=CCCCCCCC/C=C\CCCCCCCCN(C(=O)N(CCCCCCCC/C=C\CCCCCCCC)c1ccccc1)c1ccccc1. The summed E-state index contributed by atoms with van der Waals surface area (Å²) >= 11 is 0. The van der Waals surface area contributed by atoms with Crippen molar-refractivity contribution in [3.8, 4) is 0 Å². The summed E-state index contributed by atoms with van der Waals surface area (Å²) in [5, 5.41) is 0. The van der Waals surface area contributed by atoms with Crippen molar-refractivity contribution < 1.29 is 4.79 Å². The lowest BCUT2D eigenvalue weighted by molar-refractivity contribution is 0.251. The lowest BCUT2D eigenvalue weighted by atomic mass is 10.1. The van der Waals surface area contributed by atoms with E-state index in [9.17, 15) is 4.79 Å². The van der Waals surface area contributed by atoms with Crippen molar-refractivity contribution in [3.63, 3.8) is 0 Å². The van der Waals surface area contributed by atoms with E-state index in [0.29, 0.717) is 0 Å². The van der Waals surface area contributed by atoms with Gasteiger partial charge in [0.1, 0.15) is 0 Å². The number of benzene rings is 2. The number of para-hydroxylation sites is 2. The normalized spacial score (nSPS) is 11.5. The molecule has 0 aliphatic carbocycles. The second-order valence-corrected chi connectivity index (χ2v) is 15.2. The quantitative estimate of drug-likeness (QED) is 0.0513. The Morgan fingerprint density at radius 1 is 0.434 bits per heavy atom. The molecule has 0 aromatic heterocycles. The second kappa shape index (κ2) is 34.7. The lowest BCUT2D eigenvalue weighted by Crippen LogP contribution is -2.44. The molecule has 0 saturated carbocycles. The fraction of sp³-hybridized carbons (Fsp3) is 0.620. The summed E-state index contributed by atoms with van der Waals surface area (Å²) in [6.07, 6.45) is 47.3. The topological polar surface area (TPSA) is 23.6 Å². The van der Waals surface area contributed by atoms with Gasteiger partial charge in [0.25, 0.3) is 0 Å². The van der Waals surface area contributed by atoms with Crippen molar-refractivity contribution in [1.29, 1.82) is 0 Å². The summed E-state index contributed by atoms with van der Waals surface area (Å²) in [4.78, 5) is 18.3. The first-order valence-corrected chi connectivity index (χ1v) is 22.4.